The Morgan fingerprint density at radius 2 is 2.13 bits per heavy atom. The zero-order chi connectivity index (χ0) is 16.4. The summed E-state index contributed by atoms with van der Waals surface area (Å²) < 4.78 is 2.25. The number of pyridine rings is 1. The lowest BCUT2D eigenvalue weighted by molar-refractivity contribution is 0.317. The van der Waals surface area contributed by atoms with Crippen molar-refractivity contribution in [2.75, 3.05) is 6.54 Å². The third-order valence-electron chi connectivity index (χ3n) is 4.34. The predicted molar refractivity (Wildman–Crippen MR) is 97.3 cm³/mol. The minimum atomic E-state index is 0.0956. The number of nitrogens with zero attached hydrogens (tertiary/aromatic N) is 3. The summed E-state index contributed by atoms with van der Waals surface area (Å²) in [5, 5.41) is 4.30. The Morgan fingerprint density at radius 3 is 2.74 bits per heavy atom. The summed E-state index contributed by atoms with van der Waals surface area (Å²) >= 11 is 5.60. The van der Waals surface area contributed by atoms with Crippen molar-refractivity contribution in [3.63, 3.8) is 0 Å². The van der Waals surface area contributed by atoms with Crippen molar-refractivity contribution in [3.05, 3.63) is 54.1 Å². The molecule has 2 atom stereocenters. The molecule has 0 aliphatic carbocycles. The fourth-order valence-corrected chi connectivity index (χ4v) is 3.51. The van der Waals surface area contributed by atoms with Gasteiger partial charge < -0.3 is 14.8 Å². The van der Waals surface area contributed by atoms with E-state index in [1.165, 1.54) is 5.56 Å². The molecular weight excluding hydrogens is 304 g/mol. The van der Waals surface area contributed by atoms with E-state index < -0.39 is 0 Å². The molecule has 3 heterocycles. The summed E-state index contributed by atoms with van der Waals surface area (Å²) in [6.45, 7) is 7.53. The van der Waals surface area contributed by atoms with Gasteiger partial charge in [0.2, 0.25) is 0 Å². The first kappa shape index (κ1) is 16.0. The quantitative estimate of drug-likeness (QED) is 0.845. The normalized spacial score (nSPS) is 21.0. The molecule has 23 heavy (non-hydrogen) atoms. The number of hydrogen-bond donors (Lipinski definition) is 1. The molecule has 1 aliphatic heterocycles. The third-order valence-corrected chi connectivity index (χ3v) is 4.69. The fourth-order valence-electron chi connectivity index (χ4n) is 3.18. The molecule has 1 fully saturated rings. The molecule has 1 aliphatic rings. The molecule has 1 N–H and O–H groups in total. The molecule has 3 rings (SSSR count). The van der Waals surface area contributed by atoms with Gasteiger partial charge in [0.1, 0.15) is 0 Å². The molecule has 0 amide bonds. The molecule has 0 radical (unpaired) electrons. The van der Waals surface area contributed by atoms with Gasteiger partial charge in [0.05, 0.1) is 17.8 Å². The first-order chi connectivity index (χ1) is 11.1. The highest BCUT2D eigenvalue weighted by molar-refractivity contribution is 7.80. The lowest BCUT2D eigenvalue weighted by atomic mass is 9.99. The Morgan fingerprint density at radius 1 is 1.30 bits per heavy atom. The first-order valence-electron chi connectivity index (χ1n) is 8.27. The van der Waals surface area contributed by atoms with E-state index in [2.05, 4.69) is 65.1 Å². The van der Waals surface area contributed by atoms with Crippen LogP contribution in [0.5, 0.6) is 0 Å². The van der Waals surface area contributed by atoms with Crippen LogP contribution in [0.15, 0.2) is 42.9 Å². The van der Waals surface area contributed by atoms with Gasteiger partial charge in [-0.05, 0) is 56.2 Å². The zero-order valence-corrected chi connectivity index (χ0v) is 14.8. The molecule has 0 spiro atoms. The Hall–Kier alpha value is -1.88. The van der Waals surface area contributed by atoms with Crippen LogP contribution in [0.25, 0.3) is 0 Å². The van der Waals surface area contributed by atoms with Gasteiger partial charge in [0.25, 0.3) is 0 Å². The molecular formula is C18H24N4S. The Bertz CT molecular complexity index is 665. The van der Waals surface area contributed by atoms with E-state index in [1.807, 2.05) is 18.3 Å². The molecule has 1 saturated heterocycles. The van der Waals surface area contributed by atoms with Gasteiger partial charge in [-0.15, -0.1) is 0 Å². The van der Waals surface area contributed by atoms with Crippen LogP contribution in [0.3, 0.4) is 0 Å². The number of nitrogens with one attached hydrogen (secondary N) is 1. The topological polar surface area (TPSA) is 33.1 Å². The summed E-state index contributed by atoms with van der Waals surface area (Å²) in [7, 11) is 0. The summed E-state index contributed by atoms with van der Waals surface area (Å²) in [5.74, 6) is 0. The van der Waals surface area contributed by atoms with Gasteiger partial charge in [0, 0.05) is 31.2 Å². The van der Waals surface area contributed by atoms with Crippen molar-refractivity contribution in [3.8, 4) is 0 Å². The maximum absolute atomic E-state index is 5.60. The highest BCUT2D eigenvalue weighted by atomic mass is 32.1. The average molecular weight is 328 g/mol. The van der Waals surface area contributed by atoms with Gasteiger partial charge in [-0.25, -0.2) is 0 Å². The average Bonchev–Trinajstić information content (AvgIpc) is 3.14. The Kier molecular flexibility index (Phi) is 4.66. The number of aromatic nitrogens is 2. The van der Waals surface area contributed by atoms with Crippen LogP contribution < -0.4 is 5.32 Å². The fraction of sp³-hybridized carbons (Fsp3) is 0.444. The molecule has 2 aromatic heterocycles. The van der Waals surface area contributed by atoms with Crippen molar-refractivity contribution >= 4 is 17.3 Å². The molecule has 0 saturated carbocycles. The van der Waals surface area contributed by atoms with Crippen LogP contribution in [0.1, 0.15) is 56.6 Å². The number of rotatable bonds is 5. The second-order valence-corrected chi connectivity index (χ2v) is 6.69. The maximum Gasteiger partial charge on any atom is 0.170 e. The summed E-state index contributed by atoms with van der Waals surface area (Å²) in [4.78, 5) is 6.85. The van der Waals surface area contributed by atoms with Gasteiger partial charge in [0.15, 0.2) is 5.11 Å². The second-order valence-electron chi connectivity index (χ2n) is 6.31. The first-order valence-corrected chi connectivity index (χ1v) is 8.68. The largest absolute Gasteiger partial charge is 0.352 e. The zero-order valence-electron chi connectivity index (χ0n) is 13.9. The van der Waals surface area contributed by atoms with Gasteiger partial charge in [-0.2, -0.15) is 0 Å². The van der Waals surface area contributed by atoms with Crippen LogP contribution in [0, 0.1) is 0 Å². The van der Waals surface area contributed by atoms with Crippen LogP contribution >= 0.6 is 12.2 Å². The summed E-state index contributed by atoms with van der Waals surface area (Å²) in [6.07, 6.45) is 7.31. The third kappa shape index (κ3) is 3.11. The second kappa shape index (κ2) is 6.71. The number of thiocarbonyl (C=S) groups is 1. The SMILES string of the molecule is CCCN1C(=S)N[C@H](c2ccccn2)[C@@H]1c1ccn(C(C)C)c1. The minimum Gasteiger partial charge on any atom is -0.352 e. The lowest BCUT2D eigenvalue weighted by Crippen LogP contribution is -2.30. The molecule has 0 aromatic carbocycles. The van der Waals surface area contributed by atoms with Crippen molar-refractivity contribution in [1.82, 2.24) is 19.8 Å². The van der Waals surface area contributed by atoms with E-state index in [0.717, 1.165) is 23.8 Å². The van der Waals surface area contributed by atoms with Crippen LogP contribution in [0.2, 0.25) is 0 Å². The Balaban J connectivity index is 1.99. The van der Waals surface area contributed by atoms with Crippen LogP contribution in [0.4, 0.5) is 0 Å². The molecule has 122 valence electrons. The highest BCUT2D eigenvalue weighted by Crippen LogP contribution is 2.38. The van der Waals surface area contributed by atoms with Gasteiger partial charge in [-0.3, -0.25) is 4.98 Å². The lowest BCUT2D eigenvalue weighted by Gasteiger charge is -2.26. The van der Waals surface area contributed by atoms with E-state index in [1.54, 1.807) is 0 Å². The summed E-state index contributed by atoms with van der Waals surface area (Å²) in [6, 6.07) is 9.01. The van der Waals surface area contributed by atoms with E-state index in [0.29, 0.717) is 6.04 Å². The number of hydrogen-bond acceptors (Lipinski definition) is 2. The standard InChI is InChI=1S/C18H24N4S/c1-4-10-22-17(14-8-11-21(12-14)13(2)3)16(20-18(22)23)15-7-5-6-9-19-15/h5-9,11-13,16-17H,4,10H2,1-3H3,(H,20,23)/t16-,17+/m1/s1. The van der Waals surface area contributed by atoms with Gasteiger partial charge in [-0.1, -0.05) is 13.0 Å². The van der Waals surface area contributed by atoms with Crippen molar-refractivity contribution in [2.45, 2.75) is 45.3 Å². The molecule has 2 aromatic rings. The summed E-state index contributed by atoms with van der Waals surface area (Å²) in [5.41, 5.74) is 2.32. The van der Waals surface area contributed by atoms with E-state index in [9.17, 15) is 0 Å². The maximum atomic E-state index is 5.60. The van der Waals surface area contributed by atoms with Crippen LogP contribution in [-0.2, 0) is 0 Å². The van der Waals surface area contributed by atoms with E-state index in [-0.39, 0.29) is 12.1 Å². The molecule has 4 nitrogen and oxygen atoms in total. The predicted octanol–water partition coefficient (Wildman–Crippen LogP) is 3.85. The van der Waals surface area contributed by atoms with Crippen LogP contribution in [-0.4, -0.2) is 26.1 Å². The van der Waals surface area contributed by atoms with Gasteiger partial charge >= 0.3 is 0 Å². The smallest absolute Gasteiger partial charge is 0.170 e. The van der Waals surface area contributed by atoms with E-state index >= 15 is 0 Å². The van der Waals surface area contributed by atoms with Crippen molar-refractivity contribution in [1.29, 1.82) is 0 Å². The molecule has 0 unspecified atom stereocenters. The minimum absolute atomic E-state index is 0.0956. The van der Waals surface area contributed by atoms with Crippen molar-refractivity contribution < 1.29 is 0 Å². The van der Waals surface area contributed by atoms with E-state index in [4.69, 9.17) is 12.2 Å². The molecule has 0 bridgehead atoms. The molecule has 5 heteroatoms. The van der Waals surface area contributed by atoms with Crippen molar-refractivity contribution in [2.24, 2.45) is 0 Å². The monoisotopic (exact) mass is 328 g/mol. The Labute approximate surface area is 143 Å². The highest BCUT2D eigenvalue weighted by Gasteiger charge is 2.39.